The number of hydrogen-bond acceptors (Lipinski definition) is 12. The van der Waals surface area contributed by atoms with Crippen LogP contribution in [0.5, 0.6) is 0 Å². The summed E-state index contributed by atoms with van der Waals surface area (Å²) in [5, 5.41) is 32.9. The average Bonchev–Trinajstić information content (AvgIpc) is 4.17. The first-order chi connectivity index (χ1) is 33.4. The van der Waals surface area contributed by atoms with Gasteiger partial charge >= 0.3 is 23.9 Å². The molecule has 0 aliphatic rings. The smallest absolute Gasteiger partial charge is 0.319 e. The molecule has 0 aliphatic carbocycles. The number of ether oxygens (including phenoxy) is 2. The number of carbonyl (C=O) groups excluding carboxylic acids is 3. The number of allylic oxidation sites excluding steroid dienone is 1. The predicted molar refractivity (Wildman–Crippen MR) is 273 cm³/mol. The number of nitrogens with zero attached hydrogens (tertiary/aromatic N) is 6. The molecule has 0 unspecified atom stereocenters. The summed E-state index contributed by atoms with van der Waals surface area (Å²) >= 11 is 0. The predicted octanol–water partition coefficient (Wildman–Crippen LogP) is 7.47. The van der Waals surface area contributed by atoms with Crippen LogP contribution in [0.15, 0.2) is 140 Å². The van der Waals surface area contributed by atoms with E-state index in [4.69, 9.17) is 15.6 Å². The number of nitrogens with two attached hydrogens (primary N) is 1. The Morgan fingerprint density at radius 1 is 0.606 bits per heavy atom. The van der Waals surface area contributed by atoms with Crippen LogP contribution in [0, 0.1) is 5.41 Å². The molecule has 17 nitrogen and oxygen atoms in total. The molecule has 0 atom stereocenters. The van der Waals surface area contributed by atoms with E-state index in [0.29, 0.717) is 24.5 Å². The van der Waals surface area contributed by atoms with Gasteiger partial charge in [-0.25, -0.2) is 0 Å². The van der Waals surface area contributed by atoms with Gasteiger partial charge in [-0.15, -0.1) is 0 Å². The Morgan fingerprint density at radius 3 is 1.39 bits per heavy atom. The number of ketones is 1. The molecule has 3 aromatic carbocycles. The number of carboxylic acids is 2. The molecule has 0 saturated carbocycles. The zero-order chi connectivity index (χ0) is 53.4. The van der Waals surface area contributed by atoms with E-state index in [-0.39, 0.29) is 11.8 Å². The van der Waals surface area contributed by atoms with Crippen molar-refractivity contribution in [2.75, 3.05) is 34.9 Å². The molecule has 6 rings (SSSR count). The summed E-state index contributed by atoms with van der Waals surface area (Å²) in [5.41, 5.74) is 7.46. The molecule has 0 bridgehead atoms. The van der Waals surface area contributed by atoms with Gasteiger partial charge in [-0.05, 0) is 109 Å². The number of esters is 2. The normalized spacial score (nSPS) is 11.2. The Morgan fingerprint density at radius 2 is 1.03 bits per heavy atom. The summed E-state index contributed by atoms with van der Waals surface area (Å²) in [6, 6.07) is 35.4. The number of carbonyl (C=O) groups is 5. The Balaban J connectivity index is 0.000000312. The number of methoxy groups -OCH3 is 2. The second kappa shape index (κ2) is 28.1. The van der Waals surface area contributed by atoms with Crippen LogP contribution in [0.1, 0.15) is 89.2 Å². The fourth-order valence-corrected chi connectivity index (χ4v) is 6.27. The third kappa shape index (κ3) is 18.3. The first-order valence-electron chi connectivity index (χ1n) is 22.8. The standard InChI is InChI=1S/C15H18N2O2.C14H16N2O2.C10H17NO3.C8H11N.C7H10N2O2/c1-15(2,14(18)19-3)13-9-10-16-17(13)11-12-7-5-4-6-8-12;1-14(2,13(17)18)12-8-9-15-16(12)10-11-6-4-3-5-7-11;1-10(2,9(13)14-5)8(12)6-7-11(3)4;9-7-6-8-4-2-1-3-5-8;1-7(2,6(10)11)5-3-4-8-9-5/h4-10H,11H2,1-3H3;3-9H,10H2,1-2H3,(H,17,18);6-7H,1-5H3;1-5H,6-7,9H2;3-4H,1-2H3,(H,8,9)(H,10,11)/b;;7-6+;;. The van der Waals surface area contributed by atoms with Crippen LogP contribution in [-0.2, 0) is 69.2 Å². The molecule has 382 valence electrons. The second-order valence-electron chi connectivity index (χ2n) is 18.5. The van der Waals surface area contributed by atoms with Crippen LogP contribution in [-0.4, -0.2) is 109 Å². The number of aromatic nitrogens is 6. The highest BCUT2D eigenvalue weighted by Crippen LogP contribution is 2.26. The van der Waals surface area contributed by atoms with Gasteiger partial charge in [0, 0.05) is 38.9 Å². The Bertz CT molecular complexity index is 2560. The number of carboxylic acid groups (broad SMARTS) is 2. The third-order valence-corrected chi connectivity index (χ3v) is 11.1. The maximum absolute atomic E-state index is 11.9. The van der Waals surface area contributed by atoms with Gasteiger partial charge in [0.05, 0.1) is 44.4 Å². The van der Waals surface area contributed by atoms with Gasteiger partial charge in [0.15, 0.2) is 5.78 Å². The van der Waals surface area contributed by atoms with Crippen molar-refractivity contribution in [3.8, 4) is 0 Å². The fourth-order valence-electron chi connectivity index (χ4n) is 6.27. The van der Waals surface area contributed by atoms with Crippen molar-refractivity contribution in [2.45, 2.75) is 91.1 Å². The van der Waals surface area contributed by atoms with Gasteiger partial charge < -0.3 is 30.3 Å². The molecule has 5 N–H and O–H groups in total. The minimum absolute atomic E-state index is 0.262. The molecule has 0 spiro atoms. The lowest BCUT2D eigenvalue weighted by Crippen LogP contribution is -2.33. The molecular formula is C54H72N8O9. The van der Waals surface area contributed by atoms with Crippen LogP contribution in [0.25, 0.3) is 0 Å². The first-order valence-corrected chi connectivity index (χ1v) is 22.8. The summed E-state index contributed by atoms with van der Waals surface area (Å²) in [5.74, 6) is -2.76. The van der Waals surface area contributed by atoms with Gasteiger partial charge in [0.2, 0.25) is 0 Å². The van der Waals surface area contributed by atoms with Crippen LogP contribution in [0.3, 0.4) is 0 Å². The third-order valence-electron chi connectivity index (χ3n) is 11.1. The van der Waals surface area contributed by atoms with Gasteiger partial charge in [-0.1, -0.05) is 91.0 Å². The quantitative estimate of drug-likeness (QED) is 0.0418. The number of aromatic amines is 1. The highest BCUT2D eigenvalue weighted by molar-refractivity contribution is 6.08. The van der Waals surface area contributed by atoms with Gasteiger partial charge in [0.25, 0.3) is 0 Å². The summed E-state index contributed by atoms with van der Waals surface area (Å²) < 4.78 is 13.0. The summed E-state index contributed by atoms with van der Waals surface area (Å²) in [7, 11) is 6.28. The second-order valence-corrected chi connectivity index (χ2v) is 18.5. The SMILES string of the molecule is CC(C)(C(=O)O)c1ccn[nH]1.CC(C)(C(=O)O)c1ccnn1Cc1ccccc1.COC(=O)C(C)(C)C(=O)/C=C/N(C)C.COC(=O)C(C)(C)c1ccnn1Cc1ccccc1.NCCc1ccccc1. The van der Waals surface area contributed by atoms with Crippen molar-refractivity contribution in [2.24, 2.45) is 11.1 Å². The van der Waals surface area contributed by atoms with Crippen LogP contribution in [0.4, 0.5) is 0 Å². The van der Waals surface area contributed by atoms with Crippen LogP contribution < -0.4 is 5.73 Å². The highest BCUT2D eigenvalue weighted by Gasteiger charge is 2.36. The number of hydrogen-bond donors (Lipinski definition) is 4. The monoisotopic (exact) mass is 977 g/mol. The molecule has 3 aromatic heterocycles. The lowest BCUT2D eigenvalue weighted by atomic mass is 9.88. The molecule has 0 amide bonds. The zero-order valence-corrected chi connectivity index (χ0v) is 43.1. The van der Waals surface area contributed by atoms with Crippen molar-refractivity contribution >= 4 is 29.7 Å². The number of H-pyrrole nitrogens is 1. The highest BCUT2D eigenvalue weighted by atomic mass is 16.5. The summed E-state index contributed by atoms with van der Waals surface area (Å²) in [6.45, 7) is 15.4. The van der Waals surface area contributed by atoms with E-state index >= 15 is 0 Å². The number of nitrogens with one attached hydrogen (secondary N) is 1. The van der Waals surface area contributed by atoms with Crippen molar-refractivity contribution in [3.63, 3.8) is 0 Å². The zero-order valence-electron chi connectivity index (χ0n) is 43.1. The summed E-state index contributed by atoms with van der Waals surface area (Å²) in [6.07, 6.45) is 8.86. The Kier molecular flexibility index (Phi) is 23.5. The van der Waals surface area contributed by atoms with E-state index in [2.05, 4.69) is 37.3 Å². The molecule has 71 heavy (non-hydrogen) atoms. The van der Waals surface area contributed by atoms with Crippen LogP contribution >= 0.6 is 0 Å². The van der Waals surface area contributed by atoms with E-state index in [1.54, 1.807) is 102 Å². The Hall–Kier alpha value is -7.66. The van der Waals surface area contributed by atoms with Gasteiger partial charge in [-0.2, -0.15) is 15.3 Å². The molecule has 0 radical (unpaired) electrons. The minimum atomic E-state index is -1.11. The van der Waals surface area contributed by atoms with Crippen molar-refractivity contribution in [3.05, 3.63) is 174 Å². The maximum Gasteiger partial charge on any atom is 0.319 e. The lowest BCUT2D eigenvalue weighted by Gasteiger charge is -2.22. The van der Waals surface area contributed by atoms with E-state index in [9.17, 15) is 29.1 Å². The average molecular weight is 977 g/mol. The van der Waals surface area contributed by atoms with E-state index in [0.717, 1.165) is 29.8 Å². The van der Waals surface area contributed by atoms with Crippen molar-refractivity contribution < 1.29 is 43.7 Å². The first kappa shape index (κ1) is 59.5. The number of aliphatic carboxylic acids is 2. The van der Waals surface area contributed by atoms with E-state index in [1.165, 1.54) is 25.9 Å². The van der Waals surface area contributed by atoms with Gasteiger partial charge in [-0.3, -0.25) is 38.4 Å². The fraction of sp³-hybridized carbons (Fsp3) is 0.370. The molecule has 0 saturated heterocycles. The molecule has 0 aliphatic heterocycles. The lowest BCUT2D eigenvalue weighted by molar-refractivity contribution is -0.154. The topological polar surface area (TPSA) is 238 Å². The molecular weight excluding hydrogens is 905 g/mol. The van der Waals surface area contributed by atoms with Crippen LogP contribution in [0.2, 0.25) is 0 Å². The largest absolute Gasteiger partial charge is 0.481 e. The molecule has 6 aromatic rings. The van der Waals surface area contributed by atoms with Gasteiger partial charge in [0.1, 0.15) is 21.7 Å². The van der Waals surface area contributed by atoms with Crippen molar-refractivity contribution in [1.82, 2.24) is 34.7 Å². The Labute approximate surface area is 417 Å². The number of benzene rings is 3. The summed E-state index contributed by atoms with van der Waals surface area (Å²) in [4.78, 5) is 58.3. The maximum atomic E-state index is 11.9. The number of rotatable bonds is 16. The van der Waals surface area contributed by atoms with E-state index < -0.39 is 39.6 Å². The van der Waals surface area contributed by atoms with E-state index in [1.807, 2.05) is 103 Å². The minimum Gasteiger partial charge on any atom is -0.481 e. The molecule has 0 fully saturated rings. The molecule has 3 heterocycles. The molecule has 17 heteroatoms. The van der Waals surface area contributed by atoms with Crippen molar-refractivity contribution in [1.29, 1.82) is 0 Å².